The van der Waals surface area contributed by atoms with Crippen LogP contribution in [0.3, 0.4) is 0 Å². The predicted octanol–water partition coefficient (Wildman–Crippen LogP) is 2.89. The smallest absolute Gasteiger partial charge is 0.181 e. The van der Waals surface area contributed by atoms with E-state index in [1.807, 2.05) is 0 Å². The summed E-state index contributed by atoms with van der Waals surface area (Å²) in [5, 5.41) is 0. The number of hydrogen-bond donors (Lipinski definition) is 0. The molecule has 0 aromatic rings. The molecule has 0 unspecified atom stereocenters. The van der Waals surface area contributed by atoms with Crippen LogP contribution in [-0.4, -0.2) is 18.0 Å². The summed E-state index contributed by atoms with van der Waals surface area (Å²) >= 11 is 0. The molecule has 0 radical (unpaired) electrons. The highest BCUT2D eigenvalue weighted by Crippen LogP contribution is 2.57. The molecule has 2 heteroatoms. The Bertz CT molecular complexity index is 428. The van der Waals surface area contributed by atoms with Crippen LogP contribution in [0.15, 0.2) is 23.8 Å². The Morgan fingerprint density at radius 1 is 1.41 bits per heavy atom. The lowest BCUT2D eigenvalue weighted by atomic mass is 9.54. The summed E-state index contributed by atoms with van der Waals surface area (Å²) in [4.78, 5) is 12.1. The van der Waals surface area contributed by atoms with Gasteiger partial charge in [-0.2, -0.15) is 0 Å². The van der Waals surface area contributed by atoms with Gasteiger partial charge < -0.3 is 4.74 Å². The topological polar surface area (TPSA) is 29.6 Å². The number of rotatable bonds is 1. The molecule has 1 fully saturated rings. The quantitative estimate of drug-likeness (QED) is 0.651. The molecule has 0 aromatic carbocycles. The van der Waals surface area contributed by atoms with Crippen molar-refractivity contribution in [2.24, 2.45) is 17.3 Å². The van der Waals surface area contributed by atoms with Crippen LogP contribution in [0.1, 0.15) is 33.6 Å². The van der Waals surface area contributed by atoms with E-state index in [1.165, 1.54) is 6.42 Å². The van der Waals surface area contributed by atoms with Crippen LogP contribution in [-0.2, 0) is 9.53 Å². The zero-order valence-electron chi connectivity index (χ0n) is 10.8. The average Bonchev–Trinajstić information content (AvgIpc) is 3.00. The fourth-order valence-electron chi connectivity index (χ4n) is 3.71. The fraction of sp³-hybridized carbons (Fsp3) is 0.667. The lowest BCUT2D eigenvalue weighted by Crippen LogP contribution is -2.47. The monoisotopic (exact) mass is 232 g/mol. The molecule has 2 aliphatic carbocycles. The van der Waals surface area contributed by atoms with Crippen LogP contribution in [0.5, 0.6) is 0 Å². The molecular formula is C15H20O2. The van der Waals surface area contributed by atoms with Gasteiger partial charge in [-0.3, -0.25) is 4.79 Å². The second-order valence-corrected chi connectivity index (χ2v) is 6.18. The maximum atomic E-state index is 12.1. The third-order valence-corrected chi connectivity index (χ3v) is 5.16. The summed E-state index contributed by atoms with van der Waals surface area (Å²) in [7, 11) is 0. The van der Waals surface area contributed by atoms with E-state index in [0.29, 0.717) is 11.8 Å². The molecule has 0 aromatic heterocycles. The van der Waals surface area contributed by atoms with E-state index >= 15 is 0 Å². The van der Waals surface area contributed by atoms with Gasteiger partial charge in [0.05, 0.1) is 12.2 Å². The molecule has 0 saturated carbocycles. The third kappa shape index (κ3) is 1.40. The Morgan fingerprint density at radius 2 is 2.12 bits per heavy atom. The van der Waals surface area contributed by atoms with E-state index in [4.69, 9.17) is 4.74 Å². The molecule has 2 nitrogen and oxygen atoms in total. The number of carbonyl (C=O) groups excluding carboxylic acids is 1. The number of ketones is 1. The maximum Gasteiger partial charge on any atom is 0.181 e. The van der Waals surface area contributed by atoms with Crippen LogP contribution < -0.4 is 0 Å². The molecule has 1 heterocycles. The highest BCUT2D eigenvalue weighted by molar-refractivity contribution is 6.06. The van der Waals surface area contributed by atoms with Gasteiger partial charge in [-0.1, -0.05) is 26.0 Å². The molecule has 4 atom stereocenters. The largest absolute Gasteiger partial charge is 0.369 e. The minimum absolute atomic E-state index is 0.0324. The molecule has 92 valence electrons. The van der Waals surface area contributed by atoms with Gasteiger partial charge in [0.25, 0.3) is 0 Å². The molecule has 0 amide bonds. The Labute approximate surface area is 103 Å². The zero-order valence-corrected chi connectivity index (χ0v) is 10.8. The first-order valence-electron chi connectivity index (χ1n) is 6.55. The molecule has 1 saturated heterocycles. The van der Waals surface area contributed by atoms with Crippen molar-refractivity contribution in [2.75, 3.05) is 6.61 Å². The Balaban J connectivity index is 2.11. The number of carbonyl (C=O) groups is 1. The SMILES string of the molecule is C[C@H]1CCC=C2C(=O)C=C[C@H]([C@]3(C)CO3)[C@@]21C. The van der Waals surface area contributed by atoms with Gasteiger partial charge in [0.1, 0.15) is 0 Å². The third-order valence-electron chi connectivity index (χ3n) is 5.16. The summed E-state index contributed by atoms with van der Waals surface area (Å²) in [5.74, 6) is 1.09. The van der Waals surface area contributed by atoms with E-state index in [9.17, 15) is 4.79 Å². The first-order chi connectivity index (χ1) is 7.98. The normalized spacial score (nSPS) is 48.6. The molecule has 0 bridgehead atoms. The Kier molecular flexibility index (Phi) is 2.19. The van der Waals surface area contributed by atoms with Crippen LogP contribution in [0, 0.1) is 17.3 Å². The minimum atomic E-state index is -0.0450. The second kappa shape index (κ2) is 3.32. The first-order valence-corrected chi connectivity index (χ1v) is 6.55. The number of fused-ring (bicyclic) bond motifs is 1. The van der Waals surface area contributed by atoms with E-state index in [2.05, 4.69) is 32.9 Å². The van der Waals surface area contributed by atoms with Crippen LogP contribution in [0.4, 0.5) is 0 Å². The predicted molar refractivity (Wildman–Crippen MR) is 66.6 cm³/mol. The molecule has 0 N–H and O–H groups in total. The van der Waals surface area contributed by atoms with E-state index < -0.39 is 0 Å². The Hall–Kier alpha value is -0.890. The van der Waals surface area contributed by atoms with Crippen molar-refractivity contribution in [2.45, 2.75) is 39.2 Å². The van der Waals surface area contributed by atoms with Crippen LogP contribution in [0.25, 0.3) is 0 Å². The molecule has 17 heavy (non-hydrogen) atoms. The van der Waals surface area contributed by atoms with Crippen LogP contribution in [0.2, 0.25) is 0 Å². The van der Waals surface area contributed by atoms with Crippen molar-refractivity contribution in [3.63, 3.8) is 0 Å². The van der Waals surface area contributed by atoms with Crippen molar-refractivity contribution < 1.29 is 9.53 Å². The minimum Gasteiger partial charge on any atom is -0.369 e. The van der Waals surface area contributed by atoms with Crippen molar-refractivity contribution in [3.05, 3.63) is 23.8 Å². The molecular weight excluding hydrogens is 212 g/mol. The lowest BCUT2D eigenvalue weighted by molar-refractivity contribution is -0.114. The van der Waals surface area contributed by atoms with Gasteiger partial charge in [0.15, 0.2) is 5.78 Å². The highest BCUT2D eigenvalue weighted by atomic mass is 16.6. The summed E-state index contributed by atoms with van der Waals surface area (Å²) < 4.78 is 5.64. The van der Waals surface area contributed by atoms with Gasteiger partial charge in [0.2, 0.25) is 0 Å². The van der Waals surface area contributed by atoms with E-state index in [-0.39, 0.29) is 16.8 Å². The summed E-state index contributed by atoms with van der Waals surface area (Å²) in [5.41, 5.74) is 0.951. The molecule has 3 aliphatic rings. The number of allylic oxidation sites excluding steroid dienone is 3. The van der Waals surface area contributed by atoms with Gasteiger partial charge in [0, 0.05) is 16.9 Å². The molecule has 0 spiro atoms. The van der Waals surface area contributed by atoms with Gasteiger partial charge in [-0.05, 0) is 31.8 Å². The van der Waals surface area contributed by atoms with Crippen molar-refractivity contribution >= 4 is 5.78 Å². The van der Waals surface area contributed by atoms with Crippen LogP contribution >= 0.6 is 0 Å². The lowest BCUT2D eigenvalue weighted by Gasteiger charge is -2.48. The summed E-state index contributed by atoms with van der Waals surface area (Å²) in [6.45, 7) is 7.52. The summed E-state index contributed by atoms with van der Waals surface area (Å²) in [6.07, 6.45) is 8.21. The zero-order chi connectivity index (χ0) is 12.3. The van der Waals surface area contributed by atoms with E-state index in [1.54, 1.807) is 6.08 Å². The van der Waals surface area contributed by atoms with Crippen molar-refractivity contribution in [1.82, 2.24) is 0 Å². The number of hydrogen-bond acceptors (Lipinski definition) is 2. The number of epoxide rings is 1. The van der Waals surface area contributed by atoms with E-state index in [0.717, 1.165) is 18.6 Å². The van der Waals surface area contributed by atoms with Gasteiger partial charge in [-0.25, -0.2) is 0 Å². The van der Waals surface area contributed by atoms with Crippen molar-refractivity contribution in [3.8, 4) is 0 Å². The standard InChI is InChI=1S/C15H20O2/c1-10-5-4-6-11-12(16)7-8-13(15(10,11)3)14(2)9-17-14/h6-8,10,13H,4-5,9H2,1-3H3/t10-,13+,14-,15+/m0/s1. The molecule has 3 rings (SSSR count). The highest BCUT2D eigenvalue weighted by Gasteiger charge is 2.58. The van der Waals surface area contributed by atoms with Gasteiger partial charge in [-0.15, -0.1) is 0 Å². The van der Waals surface area contributed by atoms with Gasteiger partial charge >= 0.3 is 0 Å². The number of ether oxygens (including phenoxy) is 1. The molecule has 1 aliphatic heterocycles. The maximum absolute atomic E-state index is 12.1. The Morgan fingerprint density at radius 3 is 2.76 bits per heavy atom. The average molecular weight is 232 g/mol. The second-order valence-electron chi connectivity index (χ2n) is 6.18. The summed E-state index contributed by atoms with van der Waals surface area (Å²) in [6, 6.07) is 0. The first kappa shape index (κ1) is 11.2. The van der Waals surface area contributed by atoms with Crippen molar-refractivity contribution in [1.29, 1.82) is 0 Å². The fourth-order valence-corrected chi connectivity index (χ4v) is 3.71.